The molecule has 1 saturated carbocycles. The van der Waals surface area contributed by atoms with Gasteiger partial charge in [0.1, 0.15) is 0 Å². The maximum atomic E-state index is 13.5. The number of halogens is 3. The Morgan fingerprint density at radius 1 is 1.02 bits per heavy atom. The zero-order valence-electron chi connectivity index (χ0n) is 22.7. The van der Waals surface area contributed by atoms with Crippen molar-refractivity contribution in [2.45, 2.75) is 63.8 Å². The number of aryl methyl sites for hydroxylation is 1. The van der Waals surface area contributed by atoms with Crippen LogP contribution in [0, 0.1) is 6.92 Å². The van der Waals surface area contributed by atoms with Crippen LogP contribution in [-0.4, -0.2) is 45.9 Å². The predicted molar refractivity (Wildman–Crippen MR) is 152 cm³/mol. The molecule has 1 saturated heterocycles. The molecule has 1 amide bonds. The number of nitrogens with zero attached hydrogens (tertiary/aromatic N) is 3. The normalized spacial score (nSPS) is 18.4. The van der Waals surface area contributed by atoms with Gasteiger partial charge in [-0.05, 0) is 79.8 Å². The summed E-state index contributed by atoms with van der Waals surface area (Å²) in [5.41, 5.74) is 3.72. The molecule has 1 aliphatic carbocycles. The number of carbonyl (C=O) groups excluding carboxylic acids is 1. The fraction of sp³-hybridized carbons (Fsp3) is 0.375. The molecule has 1 aliphatic heterocycles. The van der Waals surface area contributed by atoms with Gasteiger partial charge in [0.2, 0.25) is 5.91 Å². The number of aromatic nitrogens is 1. The van der Waals surface area contributed by atoms with E-state index in [-0.39, 0.29) is 11.9 Å². The Morgan fingerprint density at radius 3 is 2.42 bits per heavy atom. The monoisotopic (exact) mass is 548 g/mol. The molecule has 3 aromatic rings. The standard InChI is InChI=1S/C32H35F3N4O/c1-23-20-28(16-18-36-23)37-27-13-8-25(9-14-27)21-39(30-17-19-38(22-30)29-4-2-3-5-29)31(40)15-10-24-6-11-26(12-7-24)32(33,34)35/h6-16,18,20,29-30H,2-5,17,19,21-22H2,1H3,(H,36,37). The highest BCUT2D eigenvalue weighted by molar-refractivity contribution is 5.92. The fourth-order valence-electron chi connectivity index (χ4n) is 5.74. The number of nitrogens with one attached hydrogen (secondary N) is 1. The van der Waals surface area contributed by atoms with E-state index in [9.17, 15) is 18.0 Å². The summed E-state index contributed by atoms with van der Waals surface area (Å²) < 4.78 is 38.8. The largest absolute Gasteiger partial charge is 0.416 e. The topological polar surface area (TPSA) is 48.5 Å². The molecule has 5 nitrogen and oxygen atoms in total. The first-order valence-corrected chi connectivity index (χ1v) is 13.9. The summed E-state index contributed by atoms with van der Waals surface area (Å²) in [6.45, 7) is 4.25. The summed E-state index contributed by atoms with van der Waals surface area (Å²) in [6, 6.07) is 17.5. The number of rotatable bonds is 8. The molecule has 8 heteroatoms. The average Bonchev–Trinajstić information content (AvgIpc) is 3.64. The number of anilines is 2. The quantitative estimate of drug-likeness (QED) is 0.302. The van der Waals surface area contributed by atoms with Gasteiger partial charge >= 0.3 is 6.18 Å². The van der Waals surface area contributed by atoms with E-state index in [4.69, 9.17) is 0 Å². The second kappa shape index (κ2) is 12.3. The Morgan fingerprint density at radius 2 is 1.75 bits per heavy atom. The van der Waals surface area contributed by atoms with Gasteiger partial charge in [-0.2, -0.15) is 13.2 Å². The fourth-order valence-corrected chi connectivity index (χ4v) is 5.74. The second-order valence-corrected chi connectivity index (χ2v) is 10.8. The van der Waals surface area contributed by atoms with Crippen LogP contribution in [0.3, 0.4) is 0 Å². The SMILES string of the molecule is Cc1cc(Nc2ccc(CN(C(=O)C=Cc3ccc(C(F)(F)F)cc3)C3CCN(C4CCCC4)C3)cc2)ccn1. The lowest BCUT2D eigenvalue weighted by Crippen LogP contribution is -2.42. The lowest BCUT2D eigenvalue weighted by atomic mass is 10.1. The van der Waals surface area contributed by atoms with Crippen molar-refractivity contribution in [3.63, 3.8) is 0 Å². The molecule has 1 aromatic heterocycles. The summed E-state index contributed by atoms with van der Waals surface area (Å²) in [5, 5.41) is 3.38. The van der Waals surface area contributed by atoms with E-state index >= 15 is 0 Å². The molecule has 5 rings (SSSR count). The van der Waals surface area contributed by atoms with Crippen LogP contribution in [0.2, 0.25) is 0 Å². The van der Waals surface area contributed by atoms with Crippen molar-refractivity contribution in [3.8, 4) is 0 Å². The minimum atomic E-state index is -4.38. The summed E-state index contributed by atoms with van der Waals surface area (Å²) in [6.07, 6.45) is 6.37. The van der Waals surface area contributed by atoms with E-state index in [2.05, 4.69) is 15.2 Å². The molecular formula is C32H35F3N4O. The molecule has 0 bridgehead atoms. The first-order valence-electron chi connectivity index (χ1n) is 13.9. The van der Waals surface area contributed by atoms with E-state index in [1.807, 2.05) is 48.2 Å². The number of likely N-dealkylation sites (tertiary alicyclic amines) is 1. The minimum absolute atomic E-state index is 0.0861. The highest BCUT2D eigenvalue weighted by atomic mass is 19.4. The maximum absolute atomic E-state index is 13.5. The number of hydrogen-bond donors (Lipinski definition) is 1. The van der Waals surface area contributed by atoms with Crippen LogP contribution in [0.25, 0.3) is 6.08 Å². The van der Waals surface area contributed by atoms with Crippen molar-refractivity contribution in [2.75, 3.05) is 18.4 Å². The third kappa shape index (κ3) is 7.10. The van der Waals surface area contributed by atoms with Crippen LogP contribution in [0.1, 0.15) is 54.5 Å². The van der Waals surface area contributed by atoms with Crippen LogP contribution in [0.15, 0.2) is 72.9 Å². The lowest BCUT2D eigenvalue weighted by molar-refractivity contribution is -0.137. The van der Waals surface area contributed by atoms with Gasteiger partial charge in [0.05, 0.1) is 5.56 Å². The molecule has 40 heavy (non-hydrogen) atoms. The highest BCUT2D eigenvalue weighted by Gasteiger charge is 2.34. The third-order valence-corrected chi connectivity index (χ3v) is 7.91. The van der Waals surface area contributed by atoms with E-state index in [1.54, 1.807) is 12.3 Å². The molecule has 1 atom stereocenters. The summed E-state index contributed by atoms with van der Waals surface area (Å²) in [5.74, 6) is -0.132. The summed E-state index contributed by atoms with van der Waals surface area (Å²) in [4.78, 5) is 22.2. The molecule has 1 unspecified atom stereocenters. The second-order valence-electron chi connectivity index (χ2n) is 10.8. The van der Waals surface area contributed by atoms with Gasteiger partial charge in [0, 0.05) is 61.1 Å². The molecule has 2 aromatic carbocycles. The van der Waals surface area contributed by atoms with Crippen molar-refractivity contribution in [3.05, 3.63) is 95.3 Å². The highest BCUT2D eigenvalue weighted by Crippen LogP contribution is 2.30. The van der Waals surface area contributed by atoms with Gasteiger partial charge in [-0.25, -0.2) is 0 Å². The zero-order chi connectivity index (χ0) is 28.1. The molecular weight excluding hydrogens is 513 g/mol. The van der Waals surface area contributed by atoms with Crippen LogP contribution >= 0.6 is 0 Å². The minimum Gasteiger partial charge on any atom is -0.355 e. The molecule has 210 valence electrons. The van der Waals surface area contributed by atoms with E-state index in [0.717, 1.165) is 54.3 Å². The zero-order valence-corrected chi connectivity index (χ0v) is 22.7. The van der Waals surface area contributed by atoms with Gasteiger partial charge in [-0.3, -0.25) is 14.7 Å². The smallest absolute Gasteiger partial charge is 0.355 e. The molecule has 0 spiro atoms. The number of alkyl halides is 3. The predicted octanol–water partition coefficient (Wildman–Crippen LogP) is 7.21. The van der Waals surface area contributed by atoms with Crippen molar-refractivity contribution in [2.24, 2.45) is 0 Å². The van der Waals surface area contributed by atoms with E-state index in [1.165, 1.54) is 43.9 Å². The van der Waals surface area contributed by atoms with Crippen molar-refractivity contribution < 1.29 is 18.0 Å². The number of hydrogen-bond acceptors (Lipinski definition) is 4. The first-order chi connectivity index (χ1) is 19.2. The summed E-state index contributed by atoms with van der Waals surface area (Å²) in [7, 11) is 0. The first kappa shape index (κ1) is 27.9. The Kier molecular flexibility index (Phi) is 8.54. The van der Waals surface area contributed by atoms with Gasteiger partial charge in [-0.1, -0.05) is 37.1 Å². The maximum Gasteiger partial charge on any atom is 0.416 e. The van der Waals surface area contributed by atoms with Gasteiger partial charge < -0.3 is 10.2 Å². The molecule has 1 N–H and O–H groups in total. The van der Waals surface area contributed by atoms with E-state index < -0.39 is 11.7 Å². The Hall–Kier alpha value is -3.65. The molecule has 2 heterocycles. The van der Waals surface area contributed by atoms with Crippen LogP contribution in [0.5, 0.6) is 0 Å². The van der Waals surface area contributed by atoms with Crippen molar-refractivity contribution in [1.82, 2.24) is 14.8 Å². The average molecular weight is 549 g/mol. The lowest BCUT2D eigenvalue weighted by Gasteiger charge is -2.30. The van der Waals surface area contributed by atoms with Crippen LogP contribution < -0.4 is 5.32 Å². The Bertz CT molecular complexity index is 1320. The summed E-state index contributed by atoms with van der Waals surface area (Å²) >= 11 is 0. The van der Waals surface area contributed by atoms with Gasteiger partial charge in [0.25, 0.3) is 0 Å². The van der Waals surface area contributed by atoms with Gasteiger partial charge in [0.15, 0.2) is 0 Å². The Labute approximate surface area is 233 Å². The van der Waals surface area contributed by atoms with Crippen LogP contribution in [-0.2, 0) is 17.5 Å². The third-order valence-electron chi connectivity index (χ3n) is 7.91. The Balaban J connectivity index is 1.30. The molecule has 0 radical (unpaired) electrons. The number of amides is 1. The number of carbonyl (C=O) groups is 1. The van der Waals surface area contributed by atoms with Crippen LogP contribution in [0.4, 0.5) is 24.5 Å². The number of pyridine rings is 1. The molecule has 2 aliphatic rings. The number of benzene rings is 2. The van der Waals surface area contributed by atoms with Crippen molar-refractivity contribution in [1.29, 1.82) is 0 Å². The van der Waals surface area contributed by atoms with E-state index in [0.29, 0.717) is 18.2 Å². The molecule has 2 fully saturated rings. The van der Waals surface area contributed by atoms with Crippen molar-refractivity contribution >= 4 is 23.4 Å². The van der Waals surface area contributed by atoms with Gasteiger partial charge in [-0.15, -0.1) is 0 Å².